The zero-order valence-electron chi connectivity index (χ0n) is 20.2. The Labute approximate surface area is 212 Å². The van der Waals surface area contributed by atoms with Gasteiger partial charge in [0.15, 0.2) is 0 Å². The highest BCUT2D eigenvalue weighted by molar-refractivity contribution is 6.23. The van der Waals surface area contributed by atoms with Crippen LogP contribution >= 0.6 is 0 Å². The first-order valence-corrected chi connectivity index (χ1v) is 11.5. The molecule has 1 saturated heterocycles. The molecule has 1 fully saturated rings. The number of nitro groups is 1. The third-order valence-corrected chi connectivity index (χ3v) is 6.16. The van der Waals surface area contributed by atoms with Crippen LogP contribution in [0.5, 0.6) is 0 Å². The molecule has 3 aromatic carbocycles. The summed E-state index contributed by atoms with van der Waals surface area (Å²) in [5.74, 6) is -1.81. The molecule has 2 atom stereocenters. The van der Waals surface area contributed by atoms with Crippen molar-refractivity contribution >= 4 is 40.7 Å². The monoisotopic (exact) mass is 500 g/mol. The molecule has 188 valence electrons. The molecule has 0 radical (unpaired) electrons. The highest BCUT2D eigenvalue weighted by Crippen LogP contribution is 2.33. The predicted molar refractivity (Wildman–Crippen MR) is 136 cm³/mol. The Morgan fingerprint density at radius 3 is 2.19 bits per heavy atom. The van der Waals surface area contributed by atoms with Crippen LogP contribution < -0.4 is 10.2 Å². The van der Waals surface area contributed by atoms with Gasteiger partial charge in [-0.05, 0) is 48.9 Å². The maximum atomic E-state index is 13.7. The van der Waals surface area contributed by atoms with E-state index in [4.69, 9.17) is 0 Å². The molecule has 1 N–H and O–H groups in total. The average molecular weight is 501 g/mol. The number of rotatable bonds is 7. The van der Waals surface area contributed by atoms with Crippen molar-refractivity contribution < 1.29 is 24.1 Å². The maximum Gasteiger partial charge on any atom is 0.269 e. The molecule has 0 saturated carbocycles. The maximum absolute atomic E-state index is 13.7. The Balaban J connectivity index is 1.68. The van der Waals surface area contributed by atoms with E-state index in [1.54, 1.807) is 31.2 Å². The normalized spacial score (nSPS) is 15.8. The molecule has 1 heterocycles. The molecule has 1 aliphatic heterocycles. The van der Waals surface area contributed by atoms with Crippen LogP contribution in [0.15, 0.2) is 78.9 Å². The van der Waals surface area contributed by atoms with E-state index in [-0.39, 0.29) is 23.6 Å². The van der Waals surface area contributed by atoms with Crippen LogP contribution in [0.3, 0.4) is 0 Å². The van der Waals surface area contributed by atoms with Crippen molar-refractivity contribution in [2.24, 2.45) is 0 Å². The van der Waals surface area contributed by atoms with Gasteiger partial charge in [-0.25, -0.2) is 4.90 Å². The molecule has 3 aromatic rings. The van der Waals surface area contributed by atoms with Crippen LogP contribution in [0.25, 0.3) is 0 Å². The fourth-order valence-corrected chi connectivity index (χ4v) is 4.36. The van der Waals surface area contributed by atoms with Crippen molar-refractivity contribution in [3.8, 4) is 0 Å². The predicted octanol–water partition coefficient (Wildman–Crippen LogP) is 4.09. The van der Waals surface area contributed by atoms with Crippen LogP contribution in [-0.2, 0) is 14.4 Å². The number of benzene rings is 3. The third-order valence-electron chi connectivity index (χ3n) is 6.16. The summed E-state index contributed by atoms with van der Waals surface area (Å²) in [5, 5.41) is 13.7. The lowest BCUT2D eigenvalue weighted by atomic mass is 10.0. The van der Waals surface area contributed by atoms with E-state index in [0.29, 0.717) is 11.4 Å². The number of hydrogen-bond donors (Lipinski definition) is 1. The topological polar surface area (TPSA) is 130 Å². The second kappa shape index (κ2) is 10.4. The summed E-state index contributed by atoms with van der Waals surface area (Å²) in [6.07, 6.45) is -0.220. The standard InChI is InChI=1S/C27H24N4O6/c1-17(19-6-4-3-5-7-19)29(26(34)20-8-12-23(13-9-20)31(36)37)24-16-25(33)30(27(24)35)22-14-10-21(11-15-22)28-18(2)32/h3-15,17,24H,16H2,1-2H3,(H,28,32). The first kappa shape index (κ1) is 25.2. The molecule has 0 aliphatic carbocycles. The summed E-state index contributed by atoms with van der Waals surface area (Å²) in [7, 11) is 0. The highest BCUT2D eigenvalue weighted by atomic mass is 16.6. The summed E-state index contributed by atoms with van der Waals surface area (Å²) >= 11 is 0. The molecule has 0 bridgehead atoms. The second-order valence-electron chi connectivity index (χ2n) is 8.62. The van der Waals surface area contributed by atoms with Gasteiger partial charge in [0.25, 0.3) is 17.5 Å². The fourth-order valence-electron chi connectivity index (χ4n) is 4.36. The molecular formula is C27H24N4O6. The van der Waals surface area contributed by atoms with Gasteiger partial charge >= 0.3 is 0 Å². The van der Waals surface area contributed by atoms with Crippen molar-refractivity contribution in [1.29, 1.82) is 0 Å². The molecule has 10 heteroatoms. The van der Waals surface area contributed by atoms with Gasteiger partial charge in [-0.2, -0.15) is 0 Å². The summed E-state index contributed by atoms with van der Waals surface area (Å²) in [4.78, 5) is 64.5. The van der Waals surface area contributed by atoms with E-state index in [0.717, 1.165) is 10.5 Å². The largest absolute Gasteiger partial charge is 0.326 e. The van der Waals surface area contributed by atoms with Gasteiger partial charge < -0.3 is 10.2 Å². The molecule has 4 rings (SSSR count). The minimum absolute atomic E-state index is 0.159. The fraction of sp³-hybridized carbons (Fsp3) is 0.185. The number of amides is 4. The van der Waals surface area contributed by atoms with Crippen molar-refractivity contribution in [2.45, 2.75) is 32.4 Å². The molecule has 2 unspecified atom stereocenters. The lowest BCUT2D eigenvalue weighted by molar-refractivity contribution is -0.384. The summed E-state index contributed by atoms with van der Waals surface area (Å²) in [6.45, 7) is 3.14. The third kappa shape index (κ3) is 5.22. The van der Waals surface area contributed by atoms with E-state index < -0.39 is 34.7 Å². The van der Waals surface area contributed by atoms with E-state index >= 15 is 0 Å². The van der Waals surface area contributed by atoms with E-state index in [1.807, 2.05) is 30.3 Å². The molecular weight excluding hydrogens is 476 g/mol. The number of anilines is 2. The van der Waals surface area contributed by atoms with E-state index in [1.165, 1.54) is 36.1 Å². The van der Waals surface area contributed by atoms with Crippen molar-refractivity contribution in [1.82, 2.24) is 4.90 Å². The van der Waals surface area contributed by atoms with Crippen LogP contribution in [0, 0.1) is 10.1 Å². The van der Waals surface area contributed by atoms with Crippen LogP contribution in [0.2, 0.25) is 0 Å². The molecule has 10 nitrogen and oxygen atoms in total. The minimum atomic E-state index is -1.08. The van der Waals surface area contributed by atoms with Crippen molar-refractivity contribution in [2.75, 3.05) is 10.2 Å². The van der Waals surface area contributed by atoms with Crippen LogP contribution in [0.4, 0.5) is 17.1 Å². The first-order valence-electron chi connectivity index (χ1n) is 11.5. The quantitative estimate of drug-likeness (QED) is 0.295. The Morgan fingerprint density at radius 2 is 1.62 bits per heavy atom. The van der Waals surface area contributed by atoms with E-state index in [2.05, 4.69) is 5.32 Å². The molecule has 0 aromatic heterocycles. The lowest BCUT2D eigenvalue weighted by Gasteiger charge is -2.33. The average Bonchev–Trinajstić information content (AvgIpc) is 3.18. The van der Waals surface area contributed by atoms with Gasteiger partial charge in [-0.1, -0.05) is 30.3 Å². The van der Waals surface area contributed by atoms with E-state index in [9.17, 15) is 29.3 Å². The van der Waals surface area contributed by atoms with Gasteiger partial charge in [-0.15, -0.1) is 0 Å². The Hall–Kier alpha value is -4.86. The molecule has 4 amide bonds. The Bertz CT molecular complexity index is 1360. The van der Waals surface area contributed by atoms with Gasteiger partial charge in [0.05, 0.1) is 23.1 Å². The van der Waals surface area contributed by atoms with Crippen LogP contribution in [0.1, 0.15) is 42.2 Å². The number of non-ortho nitro benzene ring substituents is 1. The summed E-state index contributed by atoms with van der Waals surface area (Å²) in [5.41, 5.74) is 1.59. The summed E-state index contributed by atoms with van der Waals surface area (Å²) < 4.78 is 0. The van der Waals surface area contributed by atoms with Gasteiger partial charge in [0.2, 0.25) is 11.8 Å². The van der Waals surface area contributed by atoms with Crippen molar-refractivity contribution in [3.63, 3.8) is 0 Å². The van der Waals surface area contributed by atoms with Gasteiger partial charge in [0, 0.05) is 30.3 Å². The lowest BCUT2D eigenvalue weighted by Crippen LogP contribution is -2.46. The molecule has 37 heavy (non-hydrogen) atoms. The van der Waals surface area contributed by atoms with Crippen LogP contribution in [-0.4, -0.2) is 39.5 Å². The minimum Gasteiger partial charge on any atom is -0.326 e. The summed E-state index contributed by atoms with van der Waals surface area (Å²) in [6, 6.07) is 18.8. The number of nitro benzene ring substituents is 1. The van der Waals surface area contributed by atoms with Gasteiger partial charge in [0.1, 0.15) is 6.04 Å². The zero-order chi connectivity index (χ0) is 26.7. The second-order valence-corrected chi connectivity index (χ2v) is 8.62. The first-order chi connectivity index (χ1) is 17.7. The molecule has 1 aliphatic rings. The number of nitrogens with one attached hydrogen (secondary N) is 1. The highest BCUT2D eigenvalue weighted by Gasteiger charge is 2.46. The Kier molecular flexibility index (Phi) is 7.10. The Morgan fingerprint density at radius 1 is 1.00 bits per heavy atom. The number of carbonyl (C=O) groups is 4. The zero-order valence-corrected chi connectivity index (χ0v) is 20.2. The molecule has 0 spiro atoms. The van der Waals surface area contributed by atoms with Crippen molar-refractivity contribution in [3.05, 3.63) is 100 Å². The number of carbonyl (C=O) groups excluding carboxylic acids is 4. The number of imide groups is 1. The number of nitrogens with zero attached hydrogens (tertiary/aromatic N) is 3. The van der Waals surface area contributed by atoms with Gasteiger partial charge in [-0.3, -0.25) is 29.3 Å². The SMILES string of the molecule is CC(=O)Nc1ccc(N2C(=O)CC(N(C(=O)c3ccc([N+](=O)[O-])cc3)C(C)c3ccccc3)C2=O)cc1. The number of hydrogen-bond acceptors (Lipinski definition) is 6. The smallest absolute Gasteiger partial charge is 0.269 e.